The third-order valence-electron chi connectivity index (χ3n) is 6.76. The first-order valence-corrected chi connectivity index (χ1v) is 13.2. The molecule has 0 aliphatic carbocycles. The fourth-order valence-corrected chi connectivity index (χ4v) is 4.86. The molecule has 0 spiro atoms. The molecule has 2 saturated heterocycles. The first kappa shape index (κ1) is 29.2. The summed E-state index contributed by atoms with van der Waals surface area (Å²) in [6.45, 7) is 13.2. The number of carbonyl (C=O) groups excluding carboxylic acids is 3. The van der Waals surface area contributed by atoms with E-state index < -0.39 is 17.8 Å². The van der Waals surface area contributed by atoms with Crippen LogP contribution in [0.25, 0.3) is 0 Å². The molecule has 0 aromatic rings. The van der Waals surface area contributed by atoms with Gasteiger partial charge in [0.1, 0.15) is 11.7 Å². The second-order valence-corrected chi connectivity index (χ2v) is 11.6. The predicted octanol–water partition coefficient (Wildman–Crippen LogP) is 3.83. The van der Waals surface area contributed by atoms with Crippen LogP contribution in [-0.4, -0.2) is 71.6 Å². The van der Waals surface area contributed by atoms with E-state index in [1.165, 1.54) is 0 Å². The zero-order chi connectivity index (χ0) is 26.2. The summed E-state index contributed by atoms with van der Waals surface area (Å²) in [5, 5.41) is 16.2. The SMILES string of the molecule is CC(C)C[C@@H](CC[C@@H](C[C@@H]1CCNC1=O)C(C)O)NC(=O)OC1CCN(C(=O)OC(C)(C)C)CC1. The fraction of sp³-hybridized carbons (Fsp3) is 0.885. The summed E-state index contributed by atoms with van der Waals surface area (Å²) in [5.74, 6) is 0.438. The Morgan fingerprint density at radius 1 is 1.14 bits per heavy atom. The Labute approximate surface area is 210 Å². The predicted molar refractivity (Wildman–Crippen MR) is 134 cm³/mol. The fourth-order valence-electron chi connectivity index (χ4n) is 4.86. The van der Waals surface area contributed by atoms with Crippen LogP contribution in [0, 0.1) is 17.8 Å². The molecule has 0 radical (unpaired) electrons. The standard InChI is InChI=1S/C26H47N3O6/c1-17(2)15-21(8-7-19(18(3)30)16-20-9-12-27-23(20)31)28-24(32)34-22-10-13-29(14-11-22)25(33)35-26(4,5)6/h17-22,30H,7-16H2,1-6H3,(H,27,31)(H,28,32)/t18?,19-,20-,21+/m0/s1. The number of aliphatic hydroxyl groups is 1. The molecule has 4 atom stereocenters. The average molecular weight is 498 g/mol. The van der Waals surface area contributed by atoms with Crippen LogP contribution < -0.4 is 10.6 Å². The van der Waals surface area contributed by atoms with Gasteiger partial charge in [-0.15, -0.1) is 0 Å². The van der Waals surface area contributed by atoms with E-state index in [1.807, 2.05) is 20.8 Å². The van der Waals surface area contributed by atoms with Crippen molar-refractivity contribution in [1.82, 2.24) is 15.5 Å². The Kier molecular flexibility index (Phi) is 11.1. The molecule has 9 heteroatoms. The number of nitrogens with zero attached hydrogens (tertiary/aromatic N) is 1. The quantitative estimate of drug-likeness (QED) is 0.422. The van der Waals surface area contributed by atoms with Gasteiger partial charge in [-0.1, -0.05) is 13.8 Å². The monoisotopic (exact) mass is 497 g/mol. The lowest BCUT2D eigenvalue weighted by atomic mass is 9.85. The highest BCUT2D eigenvalue weighted by molar-refractivity contribution is 5.80. The summed E-state index contributed by atoms with van der Waals surface area (Å²) in [4.78, 5) is 38.5. The van der Waals surface area contributed by atoms with Gasteiger partial charge >= 0.3 is 12.2 Å². The molecule has 0 saturated carbocycles. The zero-order valence-corrected chi connectivity index (χ0v) is 22.5. The number of amides is 3. The highest BCUT2D eigenvalue weighted by Gasteiger charge is 2.31. The second kappa shape index (κ2) is 13.3. The van der Waals surface area contributed by atoms with Crippen LogP contribution in [0.4, 0.5) is 9.59 Å². The molecule has 2 aliphatic heterocycles. The number of alkyl carbamates (subject to hydrolysis) is 1. The number of hydrogen-bond donors (Lipinski definition) is 3. The summed E-state index contributed by atoms with van der Waals surface area (Å²) >= 11 is 0. The molecular weight excluding hydrogens is 450 g/mol. The molecule has 9 nitrogen and oxygen atoms in total. The Bertz CT molecular complexity index is 698. The molecule has 2 fully saturated rings. The van der Waals surface area contributed by atoms with Gasteiger partial charge in [-0.25, -0.2) is 9.59 Å². The van der Waals surface area contributed by atoms with Crippen LogP contribution in [0.15, 0.2) is 0 Å². The first-order chi connectivity index (χ1) is 16.3. The number of carbonyl (C=O) groups is 3. The van der Waals surface area contributed by atoms with Crippen LogP contribution in [-0.2, 0) is 14.3 Å². The van der Waals surface area contributed by atoms with Crippen LogP contribution in [0.5, 0.6) is 0 Å². The largest absolute Gasteiger partial charge is 0.446 e. The van der Waals surface area contributed by atoms with Gasteiger partial charge in [-0.05, 0) is 71.6 Å². The highest BCUT2D eigenvalue weighted by Crippen LogP contribution is 2.27. The maximum Gasteiger partial charge on any atom is 0.410 e. The van der Waals surface area contributed by atoms with E-state index in [-0.39, 0.29) is 36.0 Å². The van der Waals surface area contributed by atoms with Crippen molar-refractivity contribution in [3.63, 3.8) is 0 Å². The third-order valence-corrected chi connectivity index (χ3v) is 6.76. The summed E-state index contributed by atoms with van der Waals surface area (Å²) in [6.07, 6.45) is 3.38. The molecule has 1 unspecified atom stereocenters. The molecule has 3 N–H and O–H groups in total. The van der Waals surface area contributed by atoms with Gasteiger partial charge in [0.2, 0.25) is 5.91 Å². The maximum atomic E-state index is 12.7. The van der Waals surface area contributed by atoms with E-state index in [4.69, 9.17) is 9.47 Å². The molecule has 35 heavy (non-hydrogen) atoms. The first-order valence-electron chi connectivity index (χ1n) is 13.2. The molecule has 2 heterocycles. The van der Waals surface area contributed by atoms with Gasteiger partial charge in [-0.2, -0.15) is 0 Å². The lowest BCUT2D eigenvalue weighted by Gasteiger charge is -2.33. The molecule has 0 bridgehead atoms. The molecule has 3 amide bonds. The number of likely N-dealkylation sites (tertiary alicyclic amines) is 1. The Balaban J connectivity index is 1.81. The molecule has 0 aromatic heterocycles. The van der Waals surface area contributed by atoms with Gasteiger partial charge in [0.25, 0.3) is 0 Å². The molecule has 0 aromatic carbocycles. The van der Waals surface area contributed by atoms with Crippen molar-refractivity contribution in [2.24, 2.45) is 17.8 Å². The minimum absolute atomic E-state index is 0.00788. The normalized spacial score (nSPS) is 21.9. The van der Waals surface area contributed by atoms with Crippen molar-refractivity contribution in [2.45, 2.75) is 110 Å². The summed E-state index contributed by atoms with van der Waals surface area (Å²) < 4.78 is 11.1. The zero-order valence-electron chi connectivity index (χ0n) is 22.5. The number of rotatable bonds is 10. The van der Waals surface area contributed by atoms with E-state index in [2.05, 4.69) is 24.5 Å². The third kappa shape index (κ3) is 10.6. The van der Waals surface area contributed by atoms with Crippen LogP contribution >= 0.6 is 0 Å². The van der Waals surface area contributed by atoms with Crippen molar-refractivity contribution in [3.8, 4) is 0 Å². The molecular formula is C26H47N3O6. The summed E-state index contributed by atoms with van der Waals surface area (Å²) in [7, 11) is 0. The number of ether oxygens (including phenoxy) is 2. The Hall–Kier alpha value is -2.03. The van der Waals surface area contributed by atoms with Crippen molar-refractivity contribution in [2.75, 3.05) is 19.6 Å². The summed E-state index contributed by atoms with van der Waals surface area (Å²) in [5.41, 5.74) is -0.536. The Morgan fingerprint density at radius 3 is 2.31 bits per heavy atom. The number of piperidine rings is 1. The van der Waals surface area contributed by atoms with Gasteiger partial charge in [0, 0.05) is 44.4 Å². The lowest BCUT2D eigenvalue weighted by Crippen LogP contribution is -2.45. The van der Waals surface area contributed by atoms with Gasteiger partial charge in [0.05, 0.1) is 6.10 Å². The van der Waals surface area contributed by atoms with E-state index in [1.54, 1.807) is 11.8 Å². The summed E-state index contributed by atoms with van der Waals surface area (Å²) in [6, 6.07) is -0.0667. The maximum absolute atomic E-state index is 12.7. The van der Waals surface area contributed by atoms with Crippen molar-refractivity contribution >= 4 is 18.1 Å². The highest BCUT2D eigenvalue weighted by atomic mass is 16.6. The van der Waals surface area contributed by atoms with Crippen LogP contribution in [0.3, 0.4) is 0 Å². The van der Waals surface area contributed by atoms with E-state index in [0.29, 0.717) is 51.2 Å². The van der Waals surface area contributed by atoms with Crippen LogP contribution in [0.1, 0.15) is 86.5 Å². The van der Waals surface area contributed by atoms with E-state index in [9.17, 15) is 19.5 Å². The minimum atomic E-state index is -0.536. The van der Waals surface area contributed by atoms with Crippen molar-refractivity contribution < 1.29 is 29.0 Å². The van der Waals surface area contributed by atoms with Gasteiger partial charge in [-0.3, -0.25) is 4.79 Å². The average Bonchev–Trinajstić information content (AvgIpc) is 3.13. The van der Waals surface area contributed by atoms with Gasteiger partial charge < -0.3 is 30.1 Å². The molecule has 2 aliphatic rings. The second-order valence-electron chi connectivity index (χ2n) is 11.6. The topological polar surface area (TPSA) is 117 Å². The van der Waals surface area contributed by atoms with Crippen LogP contribution in [0.2, 0.25) is 0 Å². The molecule has 202 valence electrons. The molecule has 2 rings (SSSR count). The van der Waals surface area contributed by atoms with Crippen molar-refractivity contribution in [1.29, 1.82) is 0 Å². The minimum Gasteiger partial charge on any atom is -0.446 e. The van der Waals surface area contributed by atoms with E-state index in [0.717, 1.165) is 19.3 Å². The Morgan fingerprint density at radius 2 is 1.80 bits per heavy atom. The number of aliphatic hydroxyl groups excluding tert-OH is 1. The number of hydrogen-bond acceptors (Lipinski definition) is 6. The smallest absolute Gasteiger partial charge is 0.410 e. The number of nitrogens with one attached hydrogen (secondary N) is 2. The van der Waals surface area contributed by atoms with E-state index >= 15 is 0 Å². The lowest BCUT2D eigenvalue weighted by molar-refractivity contribution is -0.123. The van der Waals surface area contributed by atoms with Crippen molar-refractivity contribution in [3.05, 3.63) is 0 Å². The van der Waals surface area contributed by atoms with Gasteiger partial charge in [0.15, 0.2) is 0 Å².